The van der Waals surface area contributed by atoms with Crippen LogP contribution in [0.25, 0.3) is 0 Å². The zero-order valence-corrected chi connectivity index (χ0v) is 16.1. The number of nitrogens with one attached hydrogen (secondary N) is 2. The van der Waals surface area contributed by atoms with Gasteiger partial charge in [0.2, 0.25) is 5.91 Å². The maximum absolute atomic E-state index is 12.1. The van der Waals surface area contributed by atoms with Gasteiger partial charge in [0.05, 0.1) is 27.9 Å². The number of hydrogen-bond acceptors (Lipinski definition) is 6. The van der Waals surface area contributed by atoms with Crippen molar-refractivity contribution in [2.24, 2.45) is 0 Å². The molecule has 0 fully saturated rings. The predicted octanol–water partition coefficient (Wildman–Crippen LogP) is 1.67. The highest BCUT2D eigenvalue weighted by Gasteiger charge is 2.11. The van der Waals surface area contributed by atoms with Gasteiger partial charge in [-0.05, 0) is 31.0 Å². The normalized spacial score (nSPS) is 10.0. The second kappa shape index (κ2) is 12.6. The lowest BCUT2D eigenvalue weighted by molar-refractivity contribution is -0.140. The highest BCUT2D eigenvalue weighted by molar-refractivity contribution is 5.97. The Balaban J connectivity index is 2.22. The maximum Gasteiger partial charge on any atom is 0.305 e. The summed E-state index contributed by atoms with van der Waals surface area (Å²) in [6.45, 7) is 0.429. The van der Waals surface area contributed by atoms with Crippen LogP contribution in [0.15, 0.2) is 18.2 Å². The van der Waals surface area contributed by atoms with E-state index in [1.54, 1.807) is 18.2 Å². The summed E-state index contributed by atoms with van der Waals surface area (Å²) in [6, 6.07) is 4.79. The van der Waals surface area contributed by atoms with E-state index in [1.165, 1.54) is 21.3 Å². The highest BCUT2D eigenvalue weighted by Crippen LogP contribution is 2.27. The average molecular weight is 380 g/mol. The number of benzene rings is 1. The highest BCUT2D eigenvalue weighted by atomic mass is 16.5. The molecule has 2 N–H and O–H groups in total. The molecule has 0 aliphatic carbocycles. The summed E-state index contributed by atoms with van der Waals surface area (Å²) in [5.74, 6) is 0.154. The smallest absolute Gasteiger partial charge is 0.305 e. The van der Waals surface area contributed by atoms with Gasteiger partial charge in [0, 0.05) is 18.5 Å². The molecule has 27 heavy (non-hydrogen) atoms. The summed E-state index contributed by atoms with van der Waals surface area (Å²) >= 11 is 0. The Bertz CT molecular complexity index is 633. The lowest BCUT2D eigenvalue weighted by atomic mass is 10.1. The molecular formula is C19H28N2O6. The van der Waals surface area contributed by atoms with Crippen LogP contribution >= 0.6 is 0 Å². The first kappa shape index (κ1) is 22.3. The summed E-state index contributed by atoms with van der Waals surface area (Å²) in [6.07, 6.45) is 3.83. The van der Waals surface area contributed by atoms with Gasteiger partial charge in [0.15, 0.2) is 11.5 Å². The van der Waals surface area contributed by atoms with Crippen LogP contribution in [0.5, 0.6) is 11.5 Å². The van der Waals surface area contributed by atoms with Crippen LogP contribution in [0.4, 0.5) is 0 Å². The van der Waals surface area contributed by atoms with Crippen molar-refractivity contribution in [3.05, 3.63) is 23.8 Å². The third kappa shape index (κ3) is 8.44. The van der Waals surface area contributed by atoms with Crippen LogP contribution in [0, 0.1) is 0 Å². The van der Waals surface area contributed by atoms with Crippen molar-refractivity contribution in [3.8, 4) is 11.5 Å². The Labute approximate surface area is 159 Å². The van der Waals surface area contributed by atoms with E-state index in [-0.39, 0.29) is 24.3 Å². The van der Waals surface area contributed by atoms with Gasteiger partial charge >= 0.3 is 5.97 Å². The SMILES string of the molecule is COC(=O)CCCCCCNC(=O)CNC(=O)c1ccc(OC)c(OC)c1. The fourth-order valence-electron chi connectivity index (χ4n) is 2.38. The zero-order chi connectivity index (χ0) is 20.1. The number of esters is 1. The molecule has 0 radical (unpaired) electrons. The monoisotopic (exact) mass is 380 g/mol. The van der Waals surface area contributed by atoms with E-state index in [4.69, 9.17) is 9.47 Å². The van der Waals surface area contributed by atoms with Crippen LogP contribution in [0.1, 0.15) is 42.5 Å². The van der Waals surface area contributed by atoms with Gasteiger partial charge in [-0.1, -0.05) is 12.8 Å². The number of amides is 2. The predicted molar refractivity (Wildman–Crippen MR) is 100.0 cm³/mol. The molecule has 1 rings (SSSR count). The van der Waals surface area contributed by atoms with Gasteiger partial charge in [-0.15, -0.1) is 0 Å². The summed E-state index contributed by atoms with van der Waals surface area (Å²) in [4.78, 5) is 34.9. The van der Waals surface area contributed by atoms with Gasteiger partial charge in [-0.3, -0.25) is 14.4 Å². The van der Waals surface area contributed by atoms with Gasteiger partial charge in [-0.25, -0.2) is 0 Å². The molecule has 150 valence electrons. The molecule has 0 aliphatic heterocycles. The van der Waals surface area contributed by atoms with E-state index in [0.29, 0.717) is 30.0 Å². The maximum atomic E-state index is 12.1. The number of ether oxygens (including phenoxy) is 3. The van der Waals surface area contributed by atoms with E-state index >= 15 is 0 Å². The van der Waals surface area contributed by atoms with Crippen molar-refractivity contribution in [2.75, 3.05) is 34.4 Å². The zero-order valence-electron chi connectivity index (χ0n) is 16.1. The molecule has 8 heteroatoms. The lowest BCUT2D eigenvalue weighted by Gasteiger charge is -2.10. The van der Waals surface area contributed by atoms with Gasteiger partial charge in [0.25, 0.3) is 5.91 Å². The Morgan fingerprint density at radius 3 is 2.26 bits per heavy atom. The van der Waals surface area contributed by atoms with Gasteiger partial charge in [0.1, 0.15) is 0 Å². The third-order valence-corrected chi connectivity index (χ3v) is 3.91. The molecule has 0 aromatic heterocycles. The molecule has 1 aromatic carbocycles. The molecule has 0 saturated carbocycles. The molecule has 8 nitrogen and oxygen atoms in total. The minimum atomic E-state index is -0.367. The summed E-state index contributed by atoms with van der Waals surface area (Å²) in [5.41, 5.74) is 0.381. The molecule has 0 atom stereocenters. The standard InChI is InChI=1S/C19H28N2O6/c1-25-15-10-9-14(12-16(15)26-2)19(24)21-13-17(22)20-11-7-5-4-6-8-18(23)27-3/h9-10,12H,4-8,11,13H2,1-3H3,(H,20,22)(H,21,24). The molecule has 0 saturated heterocycles. The van der Waals surface area contributed by atoms with Crippen LogP contribution in [-0.2, 0) is 14.3 Å². The van der Waals surface area contributed by atoms with Crippen LogP contribution in [-0.4, -0.2) is 52.2 Å². The van der Waals surface area contributed by atoms with Gasteiger partial charge < -0.3 is 24.8 Å². The van der Waals surface area contributed by atoms with E-state index in [0.717, 1.165) is 25.7 Å². The molecular weight excluding hydrogens is 352 g/mol. The van der Waals surface area contributed by atoms with Crippen molar-refractivity contribution >= 4 is 17.8 Å². The van der Waals surface area contributed by atoms with Crippen molar-refractivity contribution in [1.29, 1.82) is 0 Å². The van der Waals surface area contributed by atoms with E-state index < -0.39 is 0 Å². The molecule has 0 bridgehead atoms. The van der Waals surface area contributed by atoms with Gasteiger partial charge in [-0.2, -0.15) is 0 Å². The topological polar surface area (TPSA) is 103 Å². The number of rotatable bonds is 12. The Kier molecular flexibility index (Phi) is 10.4. The Morgan fingerprint density at radius 2 is 1.59 bits per heavy atom. The molecule has 0 heterocycles. The average Bonchev–Trinajstić information content (AvgIpc) is 2.70. The molecule has 1 aromatic rings. The van der Waals surface area contributed by atoms with E-state index in [1.807, 2.05) is 0 Å². The second-order valence-electron chi connectivity index (χ2n) is 5.84. The van der Waals surface area contributed by atoms with Crippen molar-refractivity contribution in [3.63, 3.8) is 0 Å². The molecule has 2 amide bonds. The fourth-order valence-corrected chi connectivity index (χ4v) is 2.38. The number of carbonyl (C=O) groups is 3. The Hall–Kier alpha value is -2.77. The first-order valence-corrected chi connectivity index (χ1v) is 8.85. The fraction of sp³-hybridized carbons (Fsp3) is 0.526. The largest absolute Gasteiger partial charge is 0.493 e. The number of methoxy groups -OCH3 is 3. The Morgan fingerprint density at radius 1 is 0.889 bits per heavy atom. The molecule has 0 aliphatic rings. The van der Waals surface area contributed by atoms with Crippen molar-refractivity contribution in [2.45, 2.75) is 32.1 Å². The third-order valence-electron chi connectivity index (χ3n) is 3.91. The number of hydrogen-bond donors (Lipinski definition) is 2. The minimum absolute atomic E-state index is 0.102. The van der Waals surface area contributed by atoms with Crippen LogP contribution < -0.4 is 20.1 Å². The molecule has 0 unspecified atom stereocenters. The molecule has 0 spiro atoms. The first-order valence-electron chi connectivity index (χ1n) is 8.85. The quantitative estimate of drug-likeness (QED) is 0.422. The second-order valence-corrected chi connectivity index (χ2v) is 5.84. The van der Waals surface area contributed by atoms with E-state index in [2.05, 4.69) is 15.4 Å². The lowest BCUT2D eigenvalue weighted by Crippen LogP contribution is -2.37. The summed E-state index contributed by atoms with van der Waals surface area (Å²) in [5, 5.41) is 5.32. The summed E-state index contributed by atoms with van der Waals surface area (Å²) in [7, 11) is 4.38. The first-order chi connectivity index (χ1) is 13.0. The summed E-state index contributed by atoms with van der Waals surface area (Å²) < 4.78 is 14.8. The van der Waals surface area contributed by atoms with Crippen LogP contribution in [0.2, 0.25) is 0 Å². The van der Waals surface area contributed by atoms with Crippen LogP contribution in [0.3, 0.4) is 0 Å². The minimum Gasteiger partial charge on any atom is -0.493 e. The van der Waals surface area contributed by atoms with E-state index in [9.17, 15) is 14.4 Å². The number of carbonyl (C=O) groups excluding carboxylic acids is 3. The number of unbranched alkanes of at least 4 members (excludes halogenated alkanes) is 3. The van der Waals surface area contributed by atoms with Crippen molar-refractivity contribution < 1.29 is 28.6 Å². The van der Waals surface area contributed by atoms with Crippen molar-refractivity contribution in [1.82, 2.24) is 10.6 Å².